The van der Waals surface area contributed by atoms with Crippen molar-refractivity contribution in [2.24, 2.45) is 0 Å². The van der Waals surface area contributed by atoms with Crippen LogP contribution in [0.15, 0.2) is 67.0 Å². The molecule has 2 heterocycles. The lowest BCUT2D eigenvalue weighted by atomic mass is 10.2. The quantitative estimate of drug-likeness (QED) is 0.389. The molecule has 0 aliphatic heterocycles. The first-order chi connectivity index (χ1) is 14.9. The molecule has 2 aromatic carbocycles. The van der Waals surface area contributed by atoms with Gasteiger partial charge in [0, 0.05) is 41.9 Å². The highest BCUT2D eigenvalue weighted by Crippen LogP contribution is 2.26. The average molecular weight is 454 g/mol. The SMILES string of the molecule is CNC(=O)c1cc(-n2ccc3cc(NC(=O)Nc4ccc(Cl)c(Cl)c4)ccc32)ccn1. The zero-order chi connectivity index (χ0) is 22.0. The van der Waals surface area contributed by atoms with Crippen molar-refractivity contribution in [3.8, 4) is 5.69 Å². The molecule has 156 valence electrons. The molecule has 3 amide bonds. The van der Waals surface area contributed by atoms with Crippen LogP contribution in [0.3, 0.4) is 0 Å². The number of carbonyl (C=O) groups excluding carboxylic acids is 2. The number of nitrogens with zero attached hydrogens (tertiary/aromatic N) is 2. The summed E-state index contributed by atoms with van der Waals surface area (Å²) in [5, 5.41) is 9.78. The number of anilines is 2. The van der Waals surface area contributed by atoms with E-state index in [1.165, 1.54) is 0 Å². The van der Waals surface area contributed by atoms with Crippen molar-refractivity contribution in [2.45, 2.75) is 0 Å². The van der Waals surface area contributed by atoms with Gasteiger partial charge in [-0.3, -0.25) is 9.78 Å². The van der Waals surface area contributed by atoms with Gasteiger partial charge in [0.05, 0.1) is 15.6 Å². The highest BCUT2D eigenvalue weighted by molar-refractivity contribution is 6.42. The smallest absolute Gasteiger partial charge is 0.323 e. The van der Waals surface area contributed by atoms with Gasteiger partial charge in [-0.05, 0) is 54.6 Å². The van der Waals surface area contributed by atoms with Crippen LogP contribution < -0.4 is 16.0 Å². The van der Waals surface area contributed by atoms with Crippen LogP contribution in [-0.2, 0) is 0 Å². The molecular formula is C22H17Cl2N5O2. The van der Waals surface area contributed by atoms with Crippen molar-refractivity contribution in [2.75, 3.05) is 17.7 Å². The molecule has 0 bridgehead atoms. The summed E-state index contributed by atoms with van der Waals surface area (Å²) in [4.78, 5) is 28.3. The van der Waals surface area contributed by atoms with Crippen molar-refractivity contribution in [1.82, 2.24) is 14.9 Å². The summed E-state index contributed by atoms with van der Waals surface area (Å²) in [6.45, 7) is 0. The maximum Gasteiger partial charge on any atom is 0.323 e. The number of pyridine rings is 1. The van der Waals surface area contributed by atoms with E-state index in [2.05, 4.69) is 20.9 Å². The first-order valence-electron chi connectivity index (χ1n) is 9.27. The Morgan fingerprint density at radius 2 is 1.65 bits per heavy atom. The minimum atomic E-state index is -0.401. The van der Waals surface area contributed by atoms with Crippen LogP contribution in [0.5, 0.6) is 0 Å². The molecule has 0 radical (unpaired) electrons. The Hall–Kier alpha value is -3.55. The zero-order valence-electron chi connectivity index (χ0n) is 16.3. The summed E-state index contributed by atoms with van der Waals surface area (Å²) in [6, 6.07) is 15.5. The number of urea groups is 1. The zero-order valence-corrected chi connectivity index (χ0v) is 17.8. The van der Waals surface area contributed by atoms with Gasteiger partial charge >= 0.3 is 6.03 Å². The second-order valence-corrected chi connectivity index (χ2v) is 7.46. The number of fused-ring (bicyclic) bond motifs is 1. The molecule has 3 N–H and O–H groups in total. The van der Waals surface area contributed by atoms with E-state index in [0.29, 0.717) is 27.1 Å². The molecule has 0 unspecified atom stereocenters. The topological polar surface area (TPSA) is 88.0 Å². The van der Waals surface area contributed by atoms with Crippen LogP contribution in [0.25, 0.3) is 16.6 Å². The summed E-state index contributed by atoms with van der Waals surface area (Å²) >= 11 is 11.9. The molecule has 0 spiro atoms. The number of nitrogens with one attached hydrogen (secondary N) is 3. The van der Waals surface area contributed by atoms with Gasteiger partial charge < -0.3 is 20.5 Å². The summed E-state index contributed by atoms with van der Waals surface area (Å²) in [7, 11) is 1.56. The number of aromatic nitrogens is 2. The highest BCUT2D eigenvalue weighted by Gasteiger charge is 2.10. The standard InChI is InChI=1S/C22H17Cl2N5O2/c1-25-21(30)19-12-16(6-8-26-19)29-9-7-13-10-14(3-5-20(13)29)27-22(31)28-15-2-4-17(23)18(24)11-15/h2-12H,1H3,(H,25,30)(H2,27,28,31). The van der Waals surface area contributed by atoms with Crippen molar-refractivity contribution < 1.29 is 9.59 Å². The molecule has 2 aromatic heterocycles. The molecule has 0 atom stereocenters. The Kier molecular flexibility index (Phi) is 5.79. The van der Waals surface area contributed by atoms with E-state index in [9.17, 15) is 9.59 Å². The van der Waals surface area contributed by atoms with Gasteiger partial charge in [-0.15, -0.1) is 0 Å². The van der Waals surface area contributed by atoms with Crippen molar-refractivity contribution in [3.05, 3.63) is 82.7 Å². The molecule has 0 saturated carbocycles. The minimum absolute atomic E-state index is 0.252. The number of carbonyl (C=O) groups is 2. The summed E-state index contributed by atoms with van der Waals surface area (Å²) in [5.41, 5.74) is 3.22. The van der Waals surface area contributed by atoms with Gasteiger partial charge in [0.15, 0.2) is 0 Å². The first kappa shape index (κ1) is 20.7. The number of hydrogen-bond acceptors (Lipinski definition) is 3. The molecular weight excluding hydrogens is 437 g/mol. The highest BCUT2D eigenvalue weighted by atomic mass is 35.5. The third-order valence-corrected chi connectivity index (χ3v) is 5.35. The van der Waals surface area contributed by atoms with Gasteiger partial charge in [-0.1, -0.05) is 23.2 Å². The molecule has 31 heavy (non-hydrogen) atoms. The van der Waals surface area contributed by atoms with Crippen molar-refractivity contribution >= 4 is 57.4 Å². The lowest BCUT2D eigenvalue weighted by molar-refractivity contribution is 0.0958. The normalized spacial score (nSPS) is 10.7. The second kappa shape index (κ2) is 8.67. The number of rotatable bonds is 4. The fraction of sp³-hybridized carbons (Fsp3) is 0.0455. The Morgan fingerprint density at radius 3 is 2.39 bits per heavy atom. The van der Waals surface area contributed by atoms with Crippen LogP contribution in [0, 0.1) is 0 Å². The largest absolute Gasteiger partial charge is 0.354 e. The van der Waals surface area contributed by atoms with E-state index in [1.807, 2.05) is 35.0 Å². The van der Waals surface area contributed by atoms with Crippen LogP contribution in [0.2, 0.25) is 10.0 Å². The maximum atomic E-state index is 12.3. The summed E-state index contributed by atoms with van der Waals surface area (Å²) in [6.07, 6.45) is 3.49. The van der Waals surface area contributed by atoms with Gasteiger partial charge in [-0.2, -0.15) is 0 Å². The molecule has 0 fully saturated rings. The minimum Gasteiger partial charge on any atom is -0.354 e. The molecule has 0 saturated heterocycles. The Labute approximate surface area is 188 Å². The monoisotopic (exact) mass is 453 g/mol. The third kappa shape index (κ3) is 4.47. The second-order valence-electron chi connectivity index (χ2n) is 6.65. The first-order valence-corrected chi connectivity index (χ1v) is 10.0. The van der Waals surface area contributed by atoms with Gasteiger partial charge in [0.25, 0.3) is 5.91 Å². The Balaban J connectivity index is 1.54. The van der Waals surface area contributed by atoms with E-state index < -0.39 is 6.03 Å². The Bertz CT molecular complexity index is 1300. The predicted molar refractivity (Wildman–Crippen MR) is 124 cm³/mol. The van der Waals surface area contributed by atoms with E-state index in [4.69, 9.17) is 23.2 Å². The molecule has 4 rings (SSSR count). The van der Waals surface area contributed by atoms with E-state index in [-0.39, 0.29) is 5.91 Å². The van der Waals surface area contributed by atoms with Crippen LogP contribution in [-0.4, -0.2) is 28.5 Å². The van der Waals surface area contributed by atoms with Gasteiger partial charge in [0.2, 0.25) is 0 Å². The summed E-state index contributed by atoms with van der Waals surface area (Å²) in [5.74, 6) is -0.252. The third-order valence-electron chi connectivity index (χ3n) is 4.61. The predicted octanol–water partition coefficient (Wildman–Crippen LogP) is 5.34. The summed E-state index contributed by atoms with van der Waals surface area (Å²) < 4.78 is 1.95. The van der Waals surface area contributed by atoms with Crippen molar-refractivity contribution in [1.29, 1.82) is 0 Å². The molecule has 0 aliphatic carbocycles. The van der Waals surface area contributed by atoms with Gasteiger partial charge in [0.1, 0.15) is 5.69 Å². The van der Waals surface area contributed by atoms with E-state index >= 15 is 0 Å². The average Bonchev–Trinajstić information content (AvgIpc) is 3.19. The van der Waals surface area contributed by atoms with Gasteiger partial charge in [-0.25, -0.2) is 4.79 Å². The molecule has 7 nitrogen and oxygen atoms in total. The van der Waals surface area contributed by atoms with Crippen molar-refractivity contribution in [3.63, 3.8) is 0 Å². The fourth-order valence-electron chi connectivity index (χ4n) is 3.13. The van der Waals surface area contributed by atoms with Crippen LogP contribution >= 0.6 is 23.2 Å². The Morgan fingerprint density at radius 1 is 0.903 bits per heavy atom. The van der Waals surface area contributed by atoms with E-state index in [1.54, 1.807) is 43.6 Å². The van der Waals surface area contributed by atoms with E-state index in [0.717, 1.165) is 16.6 Å². The number of amides is 3. The fourth-order valence-corrected chi connectivity index (χ4v) is 3.43. The lowest BCUT2D eigenvalue weighted by Gasteiger charge is -2.10. The molecule has 9 heteroatoms. The van der Waals surface area contributed by atoms with Crippen LogP contribution in [0.1, 0.15) is 10.5 Å². The molecule has 4 aromatic rings. The van der Waals surface area contributed by atoms with Crippen LogP contribution in [0.4, 0.5) is 16.2 Å². The number of benzene rings is 2. The number of hydrogen-bond donors (Lipinski definition) is 3. The number of halogens is 2. The maximum absolute atomic E-state index is 12.3. The lowest BCUT2D eigenvalue weighted by Crippen LogP contribution is -2.19. The molecule has 0 aliphatic rings.